The monoisotopic (exact) mass is 530 g/mol. The molecular formula is C31H54N4O3. The summed E-state index contributed by atoms with van der Waals surface area (Å²) in [6, 6.07) is 6.69. The average Bonchev–Trinajstić information content (AvgIpc) is 2.94. The Kier molecular flexibility index (Phi) is 20.0. The highest BCUT2D eigenvalue weighted by Gasteiger charge is 2.16. The van der Waals surface area contributed by atoms with E-state index in [2.05, 4.69) is 0 Å². The molecule has 0 bridgehead atoms. The molecule has 1 saturated heterocycles. The summed E-state index contributed by atoms with van der Waals surface area (Å²) in [5.74, 6) is -0.565. The summed E-state index contributed by atoms with van der Waals surface area (Å²) in [5, 5.41) is 0. The van der Waals surface area contributed by atoms with Crippen molar-refractivity contribution >= 4 is 17.7 Å². The number of hydrogen-bond acceptors (Lipinski definition) is 4. The Hall–Kier alpha value is -2.41. The Balaban J connectivity index is 0.000000442. The van der Waals surface area contributed by atoms with Gasteiger partial charge in [0.1, 0.15) is 0 Å². The number of carbonyl (C=O) groups is 3. The Bertz CT molecular complexity index is 753. The van der Waals surface area contributed by atoms with E-state index in [0.717, 1.165) is 51.7 Å². The van der Waals surface area contributed by atoms with Gasteiger partial charge in [-0.1, -0.05) is 89.9 Å². The lowest BCUT2D eigenvalue weighted by Crippen LogP contribution is -2.33. The van der Waals surface area contributed by atoms with Crippen LogP contribution in [0.5, 0.6) is 0 Å². The molecule has 0 spiro atoms. The second-order valence-corrected chi connectivity index (χ2v) is 10.6. The van der Waals surface area contributed by atoms with E-state index < -0.39 is 5.91 Å². The molecule has 1 aromatic carbocycles. The number of unbranched alkanes of at least 4 members (excludes halogenated alkanes) is 7. The maximum Gasteiger partial charge on any atom is 0.253 e. The van der Waals surface area contributed by atoms with Crippen LogP contribution in [0.2, 0.25) is 0 Å². The van der Waals surface area contributed by atoms with Crippen molar-refractivity contribution in [2.24, 2.45) is 17.2 Å². The zero-order valence-electron chi connectivity index (χ0n) is 23.8. The quantitative estimate of drug-likeness (QED) is 0.282. The molecule has 1 aliphatic rings. The van der Waals surface area contributed by atoms with Gasteiger partial charge in [0.05, 0.1) is 0 Å². The first-order valence-electron chi connectivity index (χ1n) is 15.1. The summed E-state index contributed by atoms with van der Waals surface area (Å²) >= 11 is 0. The number of amides is 3. The number of benzene rings is 1. The van der Waals surface area contributed by atoms with Gasteiger partial charge >= 0.3 is 0 Å². The minimum atomic E-state index is -0.462. The van der Waals surface area contributed by atoms with E-state index in [9.17, 15) is 14.4 Å². The minimum absolute atomic E-state index is 0.0703. The van der Waals surface area contributed by atoms with Crippen molar-refractivity contribution in [1.29, 1.82) is 0 Å². The van der Waals surface area contributed by atoms with Crippen LogP contribution in [0, 0.1) is 0 Å². The van der Waals surface area contributed by atoms with Gasteiger partial charge in [-0.05, 0) is 56.5 Å². The minimum Gasteiger partial charge on any atom is -0.370 e. The van der Waals surface area contributed by atoms with Crippen molar-refractivity contribution in [3.63, 3.8) is 0 Å². The molecular weight excluding hydrogens is 476 g/mol. The second-order valence-electron chi connectivity index (χ2n) is 10.6. The first-order chi connectivity index (χ1) is 18.5. The Morgan fingerprint density at radius 1 is 0.579 bits per heavy atom. The largest absolute Gasteiger partial charge is 0.370 e. The molecule has 0 radical (unpaired) electrons. The van der Waals surface area contributed by atoms with Crippen LogP contribution in [0.3, 0.4) is 0 Å². The Morgan fingerprint density at radius 3 is 1.39 bits per heavy atom. The average molecular weight is 531 g/mol. The fourth-order valence-electron chi connectivity index (χ4n) is 4.80. The molecule has 0 unspecified atom stereocenters. The predicted octanol–water partition coefficient (Wildman–Crippen LogP) is 6.08. The predicted molar refractivity (Wildman–Crippen MR) is 157 cm³/mol. The zero-order chi connectivity index (χ0) is 27.8. The van der Waals surface area contributed by atoms with E-state index in [1.54, 1.807) is 24.3 Å². The van der Waals surface area contributed by atoms with Gasteiger partial charge in [0.2, 0.25) is 11.8 Å². The van der Waals surface area contributed by atoms with Crippen molar-refractivity contribution in [1.82, 2.24) is 4.90 Å². The molecule has 1 fully saturated rings. The van der Waals surface area contributed by atoms with Crippen LogP contribution in [-0.2, 0) is 4.79 Å². The second kappa shape index (κ2) is 22.6. The third-order valence-corrected chi connectivity index (χ3v) is 7.19. The standard InChI is InChI=1S/C20H30N2O2.C11H24N2O/c21-19(23)17-11-13-18(14-12-17)20(24)22-15-9-7-5-3-1-2-4-6-8-10-16-22;12-10-8-6-4-2-1-3-5-7-9-11(13)14/h11-14H,1-10,15-16H2,(H2,21,23);1-10,12H2,(H2,13,14). The van der Waals surface area contributed by atoms with Crippen molar-refractivity contribution in [3.8, 4) is 0 Å². The highest BCUT2D eigenvalue weighted by Crippen LogP contribution is 2.15. The first kappa shape index (κ1) is 33.6. The molecule has 0 aromatic heterocycles. The van der Waals surface area contributed by atoms with Gasteiger partial charge < -0.3 is 22.1 Å². The van der Waals surface area contributed by atoms with E-state index in [0.29, 0.717) is 17.5 Å². The van der Waals surface area contributed by atoms with Gasteiger partial charge in [-0.3, -0.25) is 14.4 Å². The SMILES string of the molecule is NC(=O)c1ccc(C(=O)N2CCCCCCCCCCCC2)cc1.NCCCCCCCCCCC(N)=O. The lowest BCUT2D eigenvalue weighted by atomic mass is 10.1. The summed E-state index contributed by atoms with van der Waals surface area (Å²) in [4.78, 5) is 36.3. The van der Waals surface area contributed by atoms with E-state index >= 15 is 0 Å². The van der Waals surface area contributed by atoms with Gasteiger partial charge in [-0.15, -0.1) is 0 Å². The van der Waals surface area contributed by atoms with Crippen molar-refractivity contribution in [2.45, 2.75) is 122 Å². The lowest BCUT2D eigenvalue weighted by molar-refractivity contribution is -0.118. The fraction of sp³-hybridized carbons (Fsp3) is 0.710. The maximum atomic E-state index is 12.8. The molecule has 7 heteroatoms. The molecule has 0 atom stereocenters. The van der Waals surface area contributed by atoms with Crippen LogP contribution >= 0.6 is 0 Å². The van der Waals surface area contributed by atoms with Crippen molar-refractivity contribution in [2.75, 3.05) is 19.6 Å². The van der Waals surface area contributed by atoms with E-state index in [1.165, 1.54) is 83.5 Å². The molecule has 7 nitrogen and oxygen atoms in total. The molecule has 3 amide bonds. The summed E-state index contributed by atoms with van der Waals surface area (Å²) in [6.07, 6.45) is 22.6. The Morgan fingerprint density at radius 2 is 0.974 bits per heavy atom. The number of hydrogen-bond donors (Lipinski definition) is 3. The van der Waals surface area contributed by atoms with E-state index in [4.69, 9.17) is 17.2 Å². The molecule has 1 aromatic rings. The highest BCUT2D eigenvalue weighted by molar-refractivity contribution is 5.97. The number of carbonyl (C=O) groups excluding carboxylic acids is 3. The van der Waals surface area contributed by atoms with Crippen LogP contribution in [0.1, 0.15) is 143 Å². The molecule has 216 valence electrons. The third kappa shape index (κ3) is 17.2. The summed E-state index contributed by atoms with van der Waals surface area (Å²) in [7, 11) is 0. The molecule has 38 heavy (non-hydrogen) atoms. The van der Waals surface area contributed by atoms with Gasteiger partial charge in [-0.25, -0.2) is 0 Å². The summed E-state index contributed by atoms with van der Waals surface area (Å²) < 4.78 is 0. The van der Waals surface area contributed by atoms with Gasteiger partial charge in [0.25, 0.3) is 5.91 Å². The van der Waals surface area contributed by atoms with Crippen LogP contribution in [0.25, 0.3) is 0 Å². The summed E-state index contributed by atoms with van der Waals surface area (Å²) in [6.45, 7) is 2.48. The van der Waals surface area contributed by atoms with Gasteiger partial charge in [-0.2, -0.15) is 0 Å². The van der Waals surface area contributed by atoms with Crippen molar-refractivity contribution < 1.29 is 14.4 Å². The number of primary amides is 2. The smallest absolute Gasteiger partial charge is 0.253 e. The van der Waals surface area contributed by atoms with E-state index in [1.807, 2.05) is 4.90 Å². The first-order valence-corrected chi connectivity index (χ1v) is 15.1. The molecule has 6 N–H and O–H groups in total. The van der Waals surface area contributed by atoms with Gasteiger partial charge in [0.15, 0.2) is 0 Å². The van der Waals surface area contributed by atoms with Gasteiger partial charge in [0, 0.05) is 30.6 Å². The van der Waals surface area contributed by atoms with E-state index in [-0.39, 0.29) is 11.8 Å². The molecule has 0 aliphatic carbocycles. The molecule has 2 rings (SSSR count). The molecule has 1 heterocycles. The van der Waals surface area contributed by atoms with Crippen LogP contribution < -0.4 is 17.2 Å². The molecule has 1 aliphatic heterocycles. The topological polar surface area (TPSA) is 133 Å². The summed E-state index contributed by atoms with van der Waals surface area (Å²) in [5.41, 5.74) is 16.8. The third-order valence-electron chi connectivity index (χ3n) is 7.19. The fourth-order valence-corrected chi connectivity index (χ4v) is 4.80. The van der Waals surface area contributed by atoms with Crippen LogP contribution in [0.4, 0.5) is 0 Å². The maximum absolute atomic E-state index is 12.8. The normalized spacial score (nSPS) is 15.2. The van der Waals surface area contributed by atoms with Crippen LogP contribution in [0.15, 0.2) is 24.3 Å². The van der Waals surface area contributed by atoms with Crippen LogP contribution in [-0.4, -0.2) is 42.3 Å². The lowest BCUT2D eigenvalue weighted by Gasteiger charge is -2.23. The Labute approximate surface area is 231 Å². The number of nitrogens with zero attached hydrogens (tertiary/aromatic N) is 1. The zero-order valence-corrected chi connectivity index (χ0v) is 23.8. The number of rotatable bonds is 12. The molecule has 0 saturated carbocycles. The van der Waals surface area contributed by atoms with Crippen molar-refractivity contribution in [3.05, 3.63) is 35.4 Å². The number of nitrogens with two attached hydrogens (primary N) is 3. The highest BCUT2D eigenvalue weighted by atomic mass is 16.2.